The minimum Gasteiger partial charge on any atom is -0.461 e. The van der Waals surface area contributed by atoms with Crippen LogP contribution in [0.5, 0.6) is 0 Å². The molecule has 1 heterocycles. The van der Waals surface area contributed by atoms with E-state index < -0.39 is 6.04 Å². The molecule has 0 aromatic rings. The molecule has 0 aromatic heterocycles. The number of ether oxygens (including phenoxy) is 1. The zero-order valence-corrected chi connectivity index (χ0v) is 10.8. The summed E-state index contributed by atoms with van der Waals surface area (Å²) in [4.78, 5) is 22.6. The fourth-order valence-corrected chi connectivity index (χ4v) is 1.99. The molecule has 2 atom stereocenters. The number of nitrogens with one attached hydrogen (secondary N) is 1. The maximum absolute atomic E-state index is 11.7. The average molecular weight is 241 g/mol. The number of hydrogen-bond donors (Lipinski definition) is 1. The van der Waals surface area contributed by atoms with Crippen molar-refractivity contribution in [2.24, 2.45) is 0 Å². The van der Waals surface area contributed by atoms with E-state index in [-0.39, 0.29) is 18.0 Å². The molecule has 1 saturated heterocycles. The molecule has 0 aromatic carbocycles. The molecule has 0 aliphatic carbocycles. The second kappa shape index (κ2) is 7.30. The zero-order valence-electron chi connectivity index (χ0n) is 10.8. The van der Waals surface area contributed by atoms with Gasteiger partial charge in [0.15, 0.2) is 0 Å². The van der Waals surface area contributed by atoms with Gasteiger partial charge in [-0.1, -0.05) is 26.2 Å². The van der Waals surface area contributed by atoms with Gasteiger partial charge in [0.2, 0.25) is 5.91 Å². The summed E-state index contributed by atoms with van der Waals surface area (Å²) < 4.78 is 5.31. The van der Waals surface area contributed by atoms with Crippen LogP contribution in [-0.4, -0.2) is 24.0 Å². The number of amides is 1. The summed E-state index contributed by atoms with van der Waals surface area (Å²) in [5.41, 5.74) is 0. The molecule has 98 valence electrons. The third kappa shape index (κ3) is 5.20. The Bertz CT molecular complexity index is 265. The topological polar surface area (TPSA) is 55.4 Å². The van der Waals surface area contributed by atoms with Crippen LogP contribution in [0, 0.1) is 0 Å². The third-order valence-corrected chi connectivity index (χ3v) is 3.06. The van der Waals surface area contributed by atoms with Gasteiger partial charge in [0, 0.05) is 6.42 Å². The Morgan fingerprint density at radius 2 is 2.24 bits per heavy atom. The number of esters is 1. The first kappa shape index (κ1) is 14.0. The summed E-state index contributed by atoms with van der Waals surface area (Å²) in [6.45, 7) is 4.09. The van der Waals surface area contributed by atoms with Crippen molar-refractivity contribution < 1.29 is 14.3 Å². The Balaban J connectivity index is 2.14. The minimum atomic E-state index is -0.416. The van der Waals surface area contributed by atoms with Crippen LogP contribution in [-0.2, 0) is 14.3 Å². The lowest BCUT2D eigenvalue weighted by atomic mass is 10.1. The lowest BCUT2D eigenvalue weighted by Gasteiger charge is -2.16. The van der Waals surface area contributed by atoms with Crippen LogP contribution < -0.4 is 5.32 Å². The molecule has 1 aliphatic heterocycles. The van der Waals surface area contributed by atoms with Crippen LogP contribution in [0.4, 0.5) is 0 Å². The highest BCUT2D eigenvalue weighted by Crippen LogP contribution is 2.12. The van der Waals surface area contributed by atoms with Crippen molar-refractivity contribution >= 4 is 11.9 Å². The Hall–Kier alpha value is -1.06. The Kier molecular flexibility index (Phi) is 6.01. The molecule has 0 spiro atoms. The quantitative estimate of drug-likeness (QED) is 0.549. The monoisotopic (exact) mass is 241 g/mol. The van der Waals surface area contributed by atoms with Gasteiger partial charge in [-0.05, 0) is 26.2 Å². The molecular formula is C13H23NO3. The van der Waals surface area contributed by atoms with Crippen LogP contribution in [0.2, 0.25) is 0 Å². The third-order valence-electron chi connectivity index (χ3n) is 3.06. The van der Waals surface area contributed by atoms with Crippen molar-refractivity contribution in [2.45, 2.75) is 70.9 Å². The first-order valence-electron chi connectivity index (χ1n) is 6.63. The molecule has 1 rings (SSSR count). The fourth-order valence-electron chi connectivity index (χ4n) is 1.99. The van der Waals surface area contributed by atoms with Crippen LogP contribution in [0.1, 0.15) is 58.8 Å². The van der Waals surface area contributed by atoms with Crippen LogP contribution in [0.25, 0.3) is 0 Å². The normalized spacial score (nSPS) is 21.1. The second-order valence-electron chi connectivity index (χ2n) is 4.76. The summed E-state index contributed by atoms with van der Waals surface area (Å²) in [5, 5.41) is 2.62. The highest BCUT2D eigenvalue weighted by Gasteiger charge is 2.29. The summed E-state index contributed by atoms with van der Waals surface area (Å²) >= 11 is 0. The number of hydrogen-bond acceptors (Lipinski definition) is 3. The van der Waals surface area contributed by atoms with E-state index in [1.54, 1.807) is 0 Å². The average Bonchev–Trinajstić information content (AvgIpc) is 2.71. The second-order valence-corrected chi connectivity index (χ2v) is 4.76. The molecule has 17 heavy (non-hydrogen) atoms. The zero-order chi connectivity index (χ0) is 12.7. The van der Waals surface area contributed by atoms with Gasteiger partial charge in [-0.3, -0.25) is 4.79 Å². The van der Waals surface area contributed by atoms with Crippen molar-refractivity contribution in [1.82, 2.24) is 5.32 Å². The number of unbranched alkanes of at least 4 members (excludes halogenated alkanes) is 3. The summed E-state index contributed by atoms with van der Waals surface area (Å²) in [7, 11) is 0. The predicted octanol–water partition coefficient (Wildman–Crippen LogP) is 2.17. The van der Waals surface area contributed by atoms with Gasteiger partial charge in [0.25, 0.3) is 0 Å². The van der Waals surface area contributed by atoms with Crippen molar-refractivity contribution in [2.75, 3.05) is 0 Å². The summed E-state index contributed by atoms with van der Waals surface area (Å²) in [6, 6.07) is -0.416. The SMILES string of the molecule is CCCCCC[C@@H](C)OC(=O)[C@@H]1CCC(=O)N1. The van der Waals surface area contributed by atoms with Crippen LogP contribution in [0.3, 0.4) is 0 Å². The summed E-state index contributed by atoms with van der Waals surface area (Å²) in [5.74, 6) is -0.332. The van der Waals surface area contributed by atoms with Crippen LogP contribution >= 0.6 is 0 Å². The minimum absolute atomic E-state index is 0.0446. The van der Waals surface area contributed by atoms with Crippen LogP contribution in [0.15, 0.2) is 0 Å². The molecule has 0 radical (unpaired) electrons. The van der Waals surface area contributed by atoms with Crippen molar-refractivity contribution in [3.05, 3.63) is 0 Å². The van der Waals surface area contributed by atoms with Crippen molar-refractivity contribution in [1.29, 1.82) is 0 Å². The first-order valence-corrected chi connectivity index (χ1v) is 6.63. The summed E-state index contributed by atoms with van der Waals surface area (Å²) in [6.07, 6.45) is 6.60. The predicted molar refractivity (Wildman–Crippen MR) is 65.5 cm³/mol. The highest BCUT2D eigenvalue weighted by atomic mass is 16.5. The fraction of sp³-hybridized carbons (Fsp3) is 0.846. The molecular weight excluding hydrogens is 218 g/mol. The van der Waals surface area contributed by atoms with E-state index in [1.807, 2.05) is 6.92 Å². The molecule has 0 bridgehead atoms. The largest absolute Gasteiger partial charge is 0.461 e. The van der Waals surface area contributed by atoms with E-state index in [2.05, 4.69) is 12.2 Å². The lowest BCUT2D eigenvalue weighted by molar-refractivity contribution is -0.151. The molecule has 0 unspecified atom stereocenters. The van der Waals surface area contributed by atoms with E-state index in [0.29, 0.717) is 12.8 Å². The van der Waals surface area contributed by atoms with E-state index in [4.69, 9.17) is 4.74 Å². The molecule has 4 nitrogen and oxygen atoms in total. The highest BCUT2D eigenvalue weighted by molar-refractivity contribution is 5.88. The van der Waals surface area contributed by atoms with Gasteiger partial charge >= 0.3 is 5.97 Å². The van der Waals surface area contributed by atoms with Gasteiger partial charge in [-0.25, -0.2) is 4.79 Å². The smallest absolute Gasteiger partial charge is 0.328 e. The molecule has 0 saturated carbocycles. The Morgan fingerprint density at radius 1 is 1.47 bits per heavy atom. The number of rotatable bonds is 7. The molecule has 4 heteroatoms. The number of carbonyl (C=O) groups is 2. The van der Waals surface area contributed by atoms with Gasteiger partial charge in [-0.2, -0.15) is 0 Å². The Morgan fingerprint density at radius 3 is 2.82 bits per heavy atom. The maximum atomic E-state index is 11.7. The molecule has 1 aliphatic rings. The van der Waals surface area contributed by atoms with Gasteiger partial charge < -0.3 is 10.1 Å². The van der Waals surface area contributed by atoms with Crippen molar-refractivity contribution in [3.8, 4) is 0 Å². The van der Waals surface area contributed by atoms with E-state index in [9.17, 15) is 9.59 Å². The van der Waals surface area contributed by atoms with Gasteiger partial charge in [-0.15, -0.1) is 0 Å². The molecule has 1 amide bonds. The molecule has 1 fully saturated rings. The number of carbonyl (C=O) groups excluding carboxylic acids is 2. The van der Waals surface area contributed by atoms with E-state index in [0.717, 1.165) is 12.8 Å². The first-order chi connectivity index (χ1) is 8.13. The maximum Gasteiger partial charge on any atom is 0.328 e. The lowest BCUT2D eigenvalue weighted by Crippen LogP contribution is -2.36. The molecule has 1 N–H and O–H groups in total. The van der Waals surface area contributed by atoms with E-state index >= 15 is 0 Å². The van der Waals surface area contributed by atoms with Gasteiger partial charge in [0.05, 0.1) is 6.10 Å². The van der Waals surface area contributed by atoms with Crippen molar-refractivity contribution in [3.63, 3.8) is 0 Å². The standard InChI is InChI=1S/C13H23NO3/c1-3-4-5-6-7-10(2)17-13(16)11-8-9-12(15)14-11/h10-11H,3-9H2,1-2H3,(H,14,15)/t10-,11+/m1/s1. The Labute approximate surface area is 103 Å². The van der Waals surface area contributed by atoms with Gasteiger partial charge in [0.1, 0.15) is 6.04 Å². The van der Waals surface area contributed by atoms with E-state index in [1.165, 1.54) is 19.3 Å².